The lowest BCUT2D eigenvalue weighted by atomic mass is 10.2. The highest BCUT2D eigenvalue weighted by Crippen LogP contribution is 2.33. The number of hydrogen-bond acceptors (Lipinski definition) is 3. The summed E-state index contributed by atoms with van der Waals surface area (Å²) in [5.74, 6) is -1.48. The number of alkyl halides is 3. The number of rotatable bonds is 3. The van der Waals surface area contributed by atoms with E-state index in [1.54, 1.807) is 20.0 Å². The minimum Gasteiger partial charge on any atom is -0.456 e. The number of nitrogens with zero attached hydrogens (tertiary/aromatic N) is 2. The highest BCUT2D eigenvalue weighted by molar-refractivity contribution is 5.92. The van der Waals surface area contributed by atoms with Crippen LogP contribution < -0.4 is 5.32 Å². The van der Waals surface area contributed by atoms with Crippen molar-refractivity contribution in [2.45, 2.75) is 26.6 Å². The first-order chi connectivity index (χ1) is 9.68. The SMILES string of the molecule is Cc1cc(CNC(=O)c2cc(C)n(C)n2)c(C(F)(F)F)o1. The average molecular weight is 301 g/mol. The van der Waals surface area contributed by atoms with Gasteiger partial charge in [-0.1, -0.05) is 0 Å². The van der Waals surface area contributed by atoms with Crippen LogP contribution in [0.2, 0.25) is 0 Å². The molecule has 0 unspecified atom stereocenters. The Kier molecular flexibility index (Phi) is 3.80. The van der Waals surface area contributed by atoms with E-state index >= 15 is 0 Å². The molecule has 2 rings (SSSR count). The second kappa shape index (κ2) is 5.27. The van der Waals surface area contributed by atoms with Gasteiger partial charge in [0, 0.05) is 24.8 Å². The maximum Gasteiger partial charge on any atom is 0.449 e. The molecule has 2 aromatic heterocycles. The zero-order valence-electron chi connectivity index (χ0n) is 11.7. The van der Waals surface area contributed by atoms with Crippen LogP contribution in [0.5, 0.6) is 0 Å². The second-order valence-electron chi connectivity index (χ2n) is 4.69. The van der Waals surface area contributed by atoms with E-state index in [0.29, 0.717) is 0 Å². The number of carbonyl (C=O) groups is 1. The summed E-state index contributed by atoms with van der Waals surface area (Å²) in [6, 6.07) is 2.81. The molecule has 1 N–H and O–H groups in total. The fourth-order valence-corrected chi connectivity index (χ4v) is 1.88. The molecule has 0 saturated carbocycles. The zero-order valence-corrected chi connectivity index (χ0v) is 11.7. The molecule has 0 spiro atoms. The number of aryl methyl sites for hydroxylation is 3. The van der Waals surface area contributed by atoms with Gasteiger partial charge in [-0.2, -0.15) is 18.3 Å². The van der Waals surface area contributed by atoms with E-state index in [1.807, 2.05) is 0 Å². The van der Waals surface area contributed by atoms with Gasteiger partial charge in [0.1, 0.15) is 11.5 Å². The Bertz CT molecular complexity index is 651. The number of carbonyl (C=O) groups excluding carboxylic acids is 1. The third-order valence-corrected chi connectivity index (χ3v) is 2.98. The van der Waals surface area contributed by atoms with Crippen molar-refractivity contribution in [1.82, 2.24) is 15.1 Å². The molecule has 0 fully saturated rings. The first-order valence-corrected chi connectivity index (χ1v) is 6.14. The standard InChI is InChI=1S/C13H14F3N3O2/c1-7-4-10(18-19(7)3)12(20)17-6-9-5-8(2)21-11(9)13(14,15)16/h4-5H,6H2,1-3H3,(H,17,20). The molecule has 114 valence electrons. The van der Waals surface area contributed by atoms with Gasteiger partial charge >= 0.3 is 6.18 Å². The van der Waals surface area contributed by atoms with Gasteiger partial charge in [0.2, 0.25) is 5.76 Å². The van der Waals surface area contributed by atoms with E-state index in [-0.39, 0.29) is 23.6 Å². The minimum atomic E-state index is -4.59. The third-order valence-electron chi connectivity index (χ3n) is 2.98. The molecule has 0 bridgehead atoms. The van der Waals surface area contributed by atoms with E-state index in [2.05, 4.69) is 14.8 Å². The van der Waals surface area contributed by atoms with Crippen molar-refractivity contribution in [3.05, 3.63) is 40.6 Å². The van der Waals surface area contributed by atoms with Gasteiger partial charge in [0.05, 0.1) is 0 Å². The molecule has 2 heterocycles. The number of nitrogens with one attached hydrogen (secondary N) is 1. The van der Waals surface area contributed by atoms with Crippen LogP contribution in [-0.2, 0) is 19.8 Å². The molecule has 0 aliphatic heterocycles. The van der Waals surface area contributed by atoms with Gasteiger partial charge in [-0.3, -0.25) is 9.48 Å². The summed E-state index contributed by atoms with van der Waals surface area (Å²) in [5.41, 5.74) is 0.820. The Labute approximate surface area is 118 Å². The predicted molar refractivity (Wildman–Crippen MR) is 67.6 cm³/mol. The summed E-state index contributed by atoms with van der Waals surface area (Å²) in [5, 5.41) is 6.36. The molecule has 0 aromatic carbocycles. The van der Waals surface area contributed by atoms with Crippen molar-refractivity contribution >= 4 is 5.91 Å². The highest BCUT2D eigenvalue weighted by atomic mass is 19.4. The summed E-state index contributed by atoms with van der Waals surface area (Å²) < 4.78 is 44.4. The van der Waals surface area contributed by atoms with Gasteiger partial charge in [-0.25, -0.2) is 0 Å². The maximum absolute atomic E-state index is 12.7. The number of hydrogen-bond donors (Lipinski definition) is 1. The van der Waals surface area contributed by atoms with Crippen LogP contribution in [-0.4, -0.2) is 15.7 Å². The van der Waals surface area contributed by atoms with Gasteiger partial charge in [0.15, 0.2) is 0 Å². The molecular weight excluding hydrogens is 287 g/mol. The molecular formula is C13H14F3N3O2. The fourth-order valence-electron chi connectivity index (χ4n) is 1.88. The third kappa shape index (κ3) is 3.26. The summed E-state index contributed by atoms with van der Waals surface area (Å²) in [7, 11) is 1.67. The Morgan fingerprint density at radius 2 is 2.05 bits per heavy atom. The molecule has 8 heteroatoms. The molecule has 0 aliphatic carbocycles. The van der Waals surface area contributed by atoms with Crippen LogP contribution in [0.25, 0.3) is 0 Å². The quantitative estimate of drug-likeness (QED) is 0.948. The number of aromatic nitrogens is 2. The van der Waals surface area contributed by atoms with E-state index in [1.165, 1.54) is 17.7 Å². The fraction of sp³-hybridized carbons (Fsp3) is 0.385. The van der Waals surface area contributed by atoms with Crippen LogP contribution >= 0.6 is 0 Å². The molecule has 2 aromatic rings. The molecule has 0 saturated heterocycles. The van der Waals surface area contributed by atoms with Crippen molar-refractivity contribution in [1.29, 1.82) is 0 Å². The summed E-state index contributed by atoms with van der Waals surface area (Å²) in [6.45, 7) is 2.91. The molecule has 1 amide bonds. The molecule has 0 aliphatic rings. The Balaban J connectivity index is 2.11. The van der Waals surface area contributed by atoms with Crippen molar-refractivity contribution in [3.63, 3.8) is 0 Å². The van der Waals surface area contributed by atoms with E-state index in [9.17, 15) is 18.0 Å². The minimum absolute atomic E-state index is 0.110. The van der Waals surface area contributed by atoms with Crippen molar-refractivity contribution < 1.29 is 22.4 Å². The van der Waals surface area contributed by atoms with Gasteiger partial charge in [0.25, 0.3) is 5.91 Å². The normalized spacial score (nSPS) is 11.7. The van der Waals surface area contributed by atoms with E-state index < -0.39 is 17.8 Å². The lowest BCUT2D eigenvalue weighted by molar-refractivity contribution is -0.154. The first kappa shape index (κ1) is 15.1. The Morgan fingerprint density at radius 3 is 2.57 bits per heavy atom. The van der Waals surface area contributed by atoms with Crippen LogP contribution in [0.3, 0.4) is 0 Å². The zero-order chi connectivity index (χ0) is 15.8. The molecule has 21 heavy (non-hydrogen) atoms. The largest absolute Gasteiger partial charge is 0.456 e. The number of furan rings is 1. The molecule has 0 atom stereocenters. The molecule has 5 nitrogen and oxygen atoms in total. The van der Waals surface area contributed by atoms with Gasteiger partial charge < -0.3 is 9.73 Å². The number of halogens is 3. The number of amides is 1. The van der Waals surface area contributed by atoms with Crippen molar-refractivity contribution in [2.24, 2.45) is 7.05 Å². The summed E-state index contributed by atoms with van der Waals surface area (Å²) in [6.07, 6.45) is -4.59. The van der Waals surface area contributed by atoms with Crippen LogP contribution in [0.4, 0.5) is 13.2 Å². The van der Waals surface area contributed by atoms with Crippen LogP contribution in [0, 0.1) is 13.8 Å². The lowest BCUT2D eigenvalue weighted by Crippen LogP contribution is -2.24. The van der Waals surface area contributed by atoms with E-state index in [4.69, 9.17) is 0 Å². The van der Waals surface area contributed by atoms with Gasteiger partial charge in [-0.05, 0) is 26.0 Å². The monoisotopic (exact) mass is 301 g/mol. The Morgan fingerprint density at radius 1 is 1.38 bits per heavy atom. The average Bonchev–Trinajstić information content (AvgIpc) is 2.90. The summed E-state index contributed by atoms with van der Waals surface area (Å²) in [4.78, 5) is 11.9. The smallest absolute Gasteiger partial charge is 0.449 e. The Hall–Kier alpha value is -2.25. The second-order valence-corrected chi connectivity index (χ2v) is 4.69. The topological polar surface area (TPSA) is 60.1 Å². The van der Waals surface area contributed by atoms with Crippen LogP contribution in [0.1, 0.15) is 33.3 Å². The van der Waals surface area contributed by atoms with Crippen molar-refractivity contribution in [3.8, 4) is 0 Å². The molecule has 0 radical (unpaired) electrons. The maximum atomic E-state index is 12.7. The predicted octanol–water partition coefficient (Wildman–Crippen LogP) is 2.58. The first-order valence-electron chi connectivity index (χ1n) is 6.14. The lowest BCUT2D eigenvalue weighted by Gasteiger charge is -2.06. The van der Waals surface area contributed by atoms with Crippen LogP contribution in [0.15, 0.2) is 16.5 Å². The van der Waals surface area contributed by atoms with E-state index in [0.717, 1.165) is 5.69 Å². The van der Waals surface area contributed by atoms with Crippen molar-refractivity contribution in [2.75, 3.05) is 0 Å². The summed E-state index contributed by atoms with van der Waals surface area (Å²) >= 11 is 0. The van der Waals surface area contributed by atoms with Gasteiger partial charge in [-0.15, -0.1) is 0 Å². The highest BCUT2D eigenvalue weighted by Gasteiger charge is 2.38.